The molecule has 0 aromatic heterocycles. The van der Waals surface area contributed by atoms with Crippen LogP contribution in [-0.2, 0) is 19.6 Å². The molecule has 7 heteroatoms. The number of ether oxygens (including phenoxy) is 1. The lowest BCUT2D eigenvalue weighted by Crippen LogP contribution is -2.51. The summed E-state index contributed by atoms with van der Waals surface area (Å²) in [7, 11) is -3.47. The number of piperidine rings is 1. The van der Waals surface area contributed by atoms with Crippen molar-refractivity contribution in [3.05, 3.63) is 41.3 Å². The van der Waals surface area contributed by atoms with Crippen molar-refractivity contribution in [1.82, 2.24) is 9.21 Å². The van der Waals surface area contributed by atoms with Gasteiger partial charge in [0.05, 0.1) is 12.2 Å². The van der Waals surface area contributed by atoms with E-state index in [0.29, 0.717) is 39.0 Å². The summed E-state index contributed by atoms with van der Waals surface area (Å²) in [6.45, 7) is 5.94. The Morgan fingerprint density at radius 2 is 1.67 bits per heavy atom. The van der Waals surface area contributed by atoms with Gasteiger partial charge in [-0.05, 0) is 38.3 Å². The fourth-order valence-electron chi connectivity index (χ4n) is 3.79. The topological polar surface area (TPSA) is 66.9 Å². The molecule has 1 aromatic carbocycles. The van der Waals surface area contributed by atoms with Gasteiger partial charge in [0, 0.05) is 37.5 Å². The molecule has 2 aliphatic rings. The van der Waals surface area contributed by atoms with Gasteiger partial charge in [-0.3, -0.25) is 4.79 Å². The van der Waals surface area contributed by atoms with Gasteiger partial charge in [0.15, 0.2) is 0 Å². The summed E-state index contributed by atoms with van der Waals surface area (Å²) in [4.78, 5) is 14.7. The minimum atomic E-state index is -3.47. The highest BCUT2D eigenvalue weighted by atomic mass is 32.2. The molecule has 1 amide bonds. The lowest BCUT2D eigenvalue weighted by Gasteiger charge is -2.38. The number of hydrogen-bond acceptors (Lipinski definition) is 4. The number of hydrogen-bond donors (Lipinski definition) is 0. The highest BCUT2D eigenvalue weighted by molar-refractivity contribution is 7.92. The first-order valence-electron chi connectivity index (χ1n) is 9.52. The predicted molar refractivity (Wildman–Crippen MR) is 105 cm³/mol. The SMILES string of the molecule is CC1CN(C(=O)C2CCN(S(=O)(=O)/C=C/c3ccccc3)CC2)CC(C)O1. The first-order valence-corrected chi connectivity index (χ1v) is 11.0. The Kier molecular flexibility index (Phi) is 6.34. The van der Waals surface area contributed by atoms with Gasteiger partial charge in [-0.25, -0.2) is 8.42 Å². The zero-order valence-electron chi connectivity index (χ0n) is 16.0. The summed E-state index contributed by atoms with van der Waals surface area (Å²) in [5.74, 6) is 0.0286. The molecule has 0 saturated carbocycles. The van der Waals surface area contributed by atoms with Crippen LogP contribution < -0.4 is 0 Å². The van der Waals surface area contributed by atoms with Crippen molar-refractivity contribution in [3.8, 4) is 0 Å². The number of nitrogens with zero attached hydrogens (tertiary/aromatic N) is 2. The minimum absolute atomic E-state index is 0.0429. The number of amides is 1. The summed E-state index contributed by atoms with van der Waals surface area (Å²) in [5, 5.41) is 1.26. The number of carbonyl (C=O) groups is 1. The summed E-state index contributed by atoms with van der Waals surface area (Å²) < 4.78 is 32.3. The van der Waals surface area contributed by atoms with Crippen molar-refractivity contribution in [2.45, 2.75) is 38.9 Å². The van der Waals surface area contributed by atoms with E-state index < -0.39 is 10.0 Å². The van der Waals surface area contributed by atoms with Crippen LogP contribution in [0.25, 0.3) is 6.08 Å². The Hall–Kier alpha value is -1.70. The maximum atomic E-state index is 12.8. The molecular weight excluding hydrogens is 364 g/mol. The molecule has 0 radical (unpaired) electrons. The third-order valence-electron chi connectivity index (χ3n) is 5.13. The molecule has 2 atom stereocenters. The van der Waals surface area contributed by atoms with Crippen LogP contribution in [-0.4, -0.2) is 61.9 Å². The molecule has 3 rings (SSSR count). The van der Waals surface area contributed by atoms with Crippen LogP contribution >= 0.6 is 0 Å². The summed E-state index contributed by atoms with van der Waals surface area (Å²) >= 11 is 0. The lowest BCUT2D eigenvalue weighted by molar-refractivity contribution is -0.148. The fraction of sp³-hybridized carbons (Fsp3) is 0.550. The van der Waals surface area contributed by atoms with Gasteiger partial charge >= 0.3 is 0 Å². The molecule has 2 aliphatic heterocycles. The number of sulfonamides is 1. The van der Waals surface area contributed by atoms with Crippen molar-refractivity contribution in [3.63, 3.8) is 0 Å². The third kappa shape index (κ3) is 5.18. The van der Waals surface area contributed by atoms with E-state index in [2.05, 4.69) is 0 Å². The lowest BCUT2D eigenvalue weighted by atomic mass is 9.96. The van der Waals surface area contributed by atoms with Crippen molar-refractivity contribution in [2.75, 3.05) is 26.2 Å². The number of benzene rings is 1. The van der Waals surface area contributed by atoms with E-state index in [4.69, 9.17) is 4.74 Å². The fourth-order valence-corrected chi connectivity index (χ4v) is 5.01. The molecule has 27 heavy (non-hydrogen) atoms. The van der Waals surface area contributed by atoms with Crippen molar-refractivity contribution in [1.29, 1.82) is 0 Å². The van der Waals surface area contributed by atoms with E-state index in [1.165, 1.54) is 9.71 Å². The molecule has 0 spiro atoms. The zero-order chi connectivity index (χ0) is 19.4. The van der Waals surface area contributed by atoms with Gasteiger partial charge < -0.3 is 9.64 Å². The zero-order valence-corrected chi connectivity index (χ0v) is 16.8. The maximum absolute atomic E-state index is 12.8. The van der Waals surface area contributed by atoms with Crippen molar-refractivity contribution in [2.24, 2.45) is 5.92 Å². The second-order valence-electron chi connectivity index (χ2n) is 7.43. The average Bonchev–Trinajstić information content (AvgIpc) is 2.66. The van der Waals surface area contributed by atoms with E-state index in [-0.39, 0.29) is 24.0 Å². The summed E-state index contributed by atoms with van der Waals surface area (Å²) in [5.41, 5.74) is 0.849. The Morgan fingerprint density at radius 1 is 1.07 bits per heavy atom. The molecule has 2 unspecified atom stereocenters. The molecule has 6 nitrogen and oxygen atoms in total. The number of rotatable bonds is 4. The first kappa shape index (κ1) is 20.0. The highest BCUT2D eigenvalue weighted by Gasteiger charge is 2.34. The minimum Gasteiger partial charge on any atom is -0.372 e. The number of carbonyl (C=O) groups excluding carboxylic acids is 1. The van der Waals surface area contributed by atoms with Crippen LogP contribution in [0.3, 0.4) is 0 Å². The van der Waals surface area contributed by atoms with E-state index in [9.17, 15) is 13.2 Å². The van der Waals surface area contributed by atoms with E-state index >= 15 is 0 Å². The standard InChI is InChI=1S/C20H28N2O4S/c1-16-14-21(15-17(2)26-16)20(23)19-8-11-22(12-9-19)27(24,25)13-10-18-6-4-3-5-7-18/h3-7,10,13,16-17,19H,8-9,11-12,14-15H2,1-2H3/b13-10+. The monoisotopic (exact) mass is 392 g/mol. The first-order chi connectivity index (χ1) is 12.8. The maximum Gasteiger partial charge on any atom is 0.236 e. The van der Waals surface area contributed by atoms with E-state index in [0.717, 1.165) is 5.56 Å². The summed E-state index contributed by atoms with van der Waals surface area (Å²) in [6.07, 6.45) is 2.83. The largest absolute Gasteiger partial charge is 0.372 e. The van der Waals surface area contributed by atoms with Crippen LogP contribution in [0.5, 0.6) is 0 Å². The molecule has 0 aliphatic carbocycles. The van der Waals surface area contributed by atoms with Gasteiger partial charge in [0.2, 0.25) is 15.9 Å². The van der Waals surface area contributed by atoms with Crippen LogP contribution in [0.4, 0.5) is 0 Å². The van der Waals surface area contributed by atoms with Gasteiger partial charge in [-0.1, -0.05) is 30.3 Å². The second-order valence-corrected chi connectivity index (χ2v) is 9.25. The molecule has 0 bridgehead atoms. The van der Waals surface area contributed by atoms with Crippen LogP contribution in [0, 0.1) is 5.92 Å². The number of morpholine rings is 1. The predicted octanol–water partition coefficient (Wildman–Crippen LogP) is 2.33. The Labute approximate surface area is 161 Å². The smallest absolute Gasteiger partial charge is 0.236 e. The normalized spacial score (nSPS) is 25.8. The van der Waals surface area contributed by atoms with Crippen LogP contribution in [0.2, 0.25) is 0 Å². The van der Waals surface area contributed by atoms with Crippen molar-refractivity contribution >= 4 is 22.0 Å². The summed E-state index contributed by atoms with van der Waals surface area (Å²) in [6, 6.07) is 9.36. The van der Waals surface area contributed by atoms with Gasteiger partial charge in [-0.2, -0.15) is 4.31 Å². The molecule has 148 valence electrons. The third-order valence-corrected chi connectivity index (χ3v) is 6.69. The van der Waals surface area contributed by atoms with Gasteiger partial charge in [0.1, 0.15) is 0 Å². The molecule has 2 saturated heterocycles. The van der Waals surface area contributed by atoms with Gasteiger partial charge in [-0.15, -0.1) is 0 Å². The molecule has 2 fully saturated rings. The Bertz CT molecular complexity index is 760. The molecular formula is C20H28N2O4S. The molecule has 0 N–H and O–H groups in total. The quantitative estimate of drug-likeness (QED) is 0.789. The highest BCUT2D eigenvalue weighted by Crippen LogP contribution is 2.24. The average molecular weight is 393 g/mol. The molecule has 1 aromatic rings. The molecule has 2 heterocycles. The second kappa shape index (κ2) is 8.54. The Morgan fingerprint density at radius 3 is 2.26 bits per heavy atom. The Balaban J connectivity index is 1.56. The van der Waals surface area contributed by atoms with E-state index in [1.54, 1.807) is 6.08 Å². The van der Waals surface area contributed by atoms with Crippen LogP contribution in [0.1, 0.15) is 32.3 Å². The van der Waals surface area contributed by atoms with Crippen molar-refractivity contribution < 1.29 is 17.9 Å². The van der Waals surface area contributed by atoms with E-state index in [1.807, 2.05) is 49.1 Å². The van der Waals surface area contributed by atoms with Crippen LogP contribution in [0.15, 0.2) is 35.7 Å². The van der Waals surface area contributed by atoms with Gasteiger partial charge in [0.25, 0.3) is 0 Å².